The standard InChI is InChI=1S/C22H25BrN2O5S/c1-29-19-6-3-14(11-20(19)30-2)7-9-24-31(27,28)21-13-18-16(12-17(21)23)8-10-25(18)22(26)15-4-5-15/h3,6,11-13,15,24H,4-5,7-10H2,1-2H3. The van der Waals surface area contributed by atoms with Gasteiger partial charge in [-0.15, -0.1) is 0 Å². The van der Waals surface area contributed by atoms with Crippen molar-refractivity contribution in [1.29, 1.82) is 0 Å². The first kappa shape index (κ1) is 22.1. The average Bonchev–Trinajstić information content (AvgIpc) is 3.52. The molecule has 7 nitrogen and oxygen atoms in total. The normalized spacial score (nSPS) is 15.6. The Bertz CT molecular complexity index is 1120. The Balaban J connectivity index is 1.49. The summed E-state index contributed by atoms with van der Waals surface area (Å²) in [5.74, 6) is 1.42. The summed E-state index contributed by atoms with van der Waals surface area (Å²) in [5.41, 5.74) is 2.63. The Hall–Kier alpha value is -2.10. The second-order valence-corrected chi connectivity index (χ2v) is 10.4. The zero-order chi connectivity index (χ0) is 22.2. The van der Waals surface area contributed by atoms with E-state index in [2.05, 4.69) is 20.7 Å². The minimum atomic E-state index is -3.76. The van der Waals surface area contributed by atoms with Crippen LogP contribution in [0.25, 0.3) is 0 Å². The van der Waals surface area contributed by atoms with E-state index in [0.717, 1.165) is 30.4 Å². The number of benzene rings is 2. The van der Waals surface area contributed by atoms with Gasteiger partial charge in [-0.3, -0.25) is 4.79 Å². The molecule has 166 valence electrons. The van der Waals surface area contributed by atoms with Crippen molar-refractivity contribution in [2.75, 3.05) is 32.2 Å². The summed E-state index contributed by atoms with van der Waals surface area (Å²) in [6.07, 6.45) is 3.07. The van der Waals surface area contributed by atoms with Gasteiger partial charge in [-0.1, -0.05) is 6.07 Å². The number of amides is 1. The zero-order valence-electron chi connectivity index (χ0n) is 17.5. The topological polar surface area (TPSA) is 84.9 Å². The number of carbonyl (C=O) groups excluding carboxylic acids is 1. The third-order valence-corrected chi connectivity index (χ3v) is 8.08. The highest BCUT2D eigenvalue weighted by molar-refractivity contribution is 9.10. The number of fused-ring (bicyclic) bond motifs is 1. The van der Waals surface area contributed by atoms with Crippen LogP contribution in [0.15, 0.2) is 39.7 Å². The molecule has 0 atom stereocenters. The highest BCUT2D eigenvalue weighted by Gasteiger charge is 2.37. The number of hydrogen-bond acceptors (Lipinski definition) is 5. The van der Waals surface area contributed by atoms with Gasteiger partial charge in [-0.05, 0) is 77.0 Å². The van der Waals surface area contributed by atoms with Crippen LogP contribution < -0.4 is 19.1 Å². The van der Waals surface area contributed by atoms with Gasteiger partial charge in [0.2, 0.25) is 15.9 Å². The molecule has 0 spiro atoms. The monoisotopic (exact) mass is 508 g/mol. The molecule has 1 saturated carbocycles. The molecular weight excluding hydrogens is 484 g/mol. The molecule has 1 aliphatic carbocycles. The van der Waals surface area contributed by atoms with Crippen LogP contribution in [0.3, 0.4) is 0 Å². The van der Waals surface area contributed by atoms with Gasteiger partial charge < -0.3 is 14.4 Å². The van der Waals surface area contributed by atoms with Crippen molar-refractivity contribution >= 4 is 37.5 Å². The van der Waals surface area contributed by atoms with Gasteiger partial charge in [0.15, 0.2) is 11.5 Å². The molecule has 31 heavy (non-hydrogen) atoms. The maximum atomic E-state index is 13.0. The molecule has 0 unspecified atom stereocenters. The quantitative estimate of drug-likeness (QED) is 0.591. The Morgan fingerprint density at radius 1 is 1.16 bits per heavy atom. The summed E-state index contributed by atoms with van der Waals surface area (Å²) in [7, 11) is -0.624. The Kier molecular flexibility index (Phi) is 6.27. The first-order valence-corrected chi connectivity index (χ1v) is 12.5. The van der Waals surface area contributed by atoms with Crippen molar-refractivity contribution < 1.29 is 22.7 Å². The smallest absolute Gasteiger partial charge is 0.241 e. The van der Waals surface area contributed by atoms with Gasteiger partial charge in [0, 0.05) is 29.2 Å². The number of carbonyl (C=O) groups is 1. The van der Waals surface area contributed by atoms with Crippen LogP contribution in [0.2, 0.25) is 0 Å². The number of nitrogens with zero attached hydrogens (tertiary/aromatic N) is 1. The number of rotatable bonds is 8. The molecule has 1 heterocycles. The summed E-state index contributed by atoms with van der Waals surface area (Å²) in [5, 5.41) is 0. The lowest BCUT2D eigenvalue weighted by Gasteiger charge is -2.18. The van der Waals surface area contributed by atoms with Gasteiger partial charge >= 0.3 is 0 Å². The first-order chi connectivity index (χ1) is 14.8. The molecule has 1 N–H and O–H groups in total. The van der Waals surface area contributed by atoms with Crippen LogP contribution in [-0.4, -0.2) is 41.6 Å². The number of methoxy groups -OCH3 is 2. The van der Waals surface area contributed by atoms with E-state index in [1.807, 2.05) is 18.2 Å². The molecule has 1 fully saturated rings. The fourth-order valence-electron chi connectivity index (χ4n) is 3.82. The minimum absolute atomic E-state index is 0.0919. The summed E-state index contributed by atoms with van der Waals surface area (Å²) in [6, 6.07) is 8.94. The van der Waals surface area contributed by atoms with E-state index in [4.69, 9.17) is 9.47 Å². The number of hydrogen-bond donors (Lipinski definition) is 1. The van der Waals surface area contributed by atoms with Gasteiger partial charge in [0.05, 0.1) is 19.1 Å². The second kappa shape index (κ2) is 8.80. The number of halogens is 1. The van der Waals surface area contributed by atoms with Crippen LogP contribution >= 0.6 is 15.9 Å². The lowest BCUT2D eigenvalue weighted by Crippen LogP contribution is -2.30. The molecule has 2 aliphatic rings. The van der Waals surface area contributed by atoms with E-state index in [9.17, 15) is 13.2 Å². The van der Waals surface area contributed by atoms with Crippen LogP contribution in [0.4, 0.5) is 5.69 Å². The van der Waals surface area contributed by atoms with E-state index in [1.54, 1.807) is 31.3 Å². The molecule has 2 aromatic rings. The molecule has 1 amide bonds. The number of anilines is 1. The number of ether oxygens (including phenoxy) is 2. The molecular formula is C22H25BrN2O5S. The summed E-state index contributed by atoms with van der Waals surface area (Å²) < 4.78 is 39.7. The highest BCUT2D eigenvalue weighted by atomic mass is 79.9. The van der Waals surface area contributed by atoms with Crippen LogP contribution in [0, 0.1) is 5.92 Å². The predicted molar refractivity (Wildman–Crippen MR) is 121 cm³/mol. The average molecular weight is 509 g/mol. The molecule has 0 aromatic heterocycles. The van der Waals surface area contributed by atoms with Crippen molar-refractivity contribution in [2.45, 2.75) is 30.6 Å². The third kappa shape index (κ3) is 4.58. The minimum Gasteiger partial charge on any atom is -0.493 e. The van der Waals surface area contributed by atoms with E-state index < -0.39 is 10.0 Å². The van der Waals surface area contributed by atoms with Gasteiger partial charge in [-0.25, -0.2) is 13.1 Å². The van der Waals surface area contributed by atoms with E-state index in [-0.39, 0.29) is 23.3 Å². The van der Waals surface area contributed by atoms with Gasteiger partial charge in [-0.2, -0.15) is 0 Å². The fourth-order valence-corrected chi connectivity index (χ4v) is 5.96. The fraction of sp³-hybridized carbons (Fsp3) is 0.409. The highest BCUT2D eigenvalue weighted by Crippen LogP contribution is 2.39. The summed E-state index contributed by atoms with van der Waals surface area (Å²) >= 11 is 3.40. The SMILES string of the molecule is COc1ccc(CCNS(=O)(=O)c2cc3c(cc2Br)CCN3C(=O)C2CC2)cc1OC. The third-order valence-electron chi connectivity index (χ3n) is 5.66. The number of sulfonamides is 1. The van der Waals surface area contributed by atoms with E-state index in [0.29, 0.717) is 34.6 Å². The van der Waals surface area contributed by atoms with Crippen molar-refractivity contribution in [2.24, 2.45) is 5.92 Å². The lowest BCUT2D eigenvalue weighted by molar-refractivity contribution is -0.119. The molecule has 2 aromatic carbocycles. The second-order valence-electron chi connectivity index (χ2n) is 7.76. The Morgan fingerprint density at radius 3 is 2.58 bits per heavy atom. The lowest BCUT2D eigenvalue weighted by atomic mass is 10.1. The molecule has 0 bridgehead atoms. The van der Waals surface area contributed by atoms with Gasteiger partial charge in [0.1, 0.15) is 0 Å². The van der Waals surface area contributed by atoms with E-state index >= 15 is 0 Å². The maximum absolute atomic E-state index is 13.0. The van der Waals surface area contributed by atoms with Crippen molar-refractivity contribution in [3.8, 4) is 11.5 Å². The largest absolute Gasteiger partial charge is 0.493 e. The number of nitrogens with one attached hydrogen (secondary N) is 1. The van der Waals surface area contributed by atoms with Crippen LogP contribution in [0.5, 0.6) is 11.5 Å². The van der Waals surface area contributed by atoms with Crippen LogP contribution in [0.1, 0.15) is 24.0 Å². The Labute approximate surface area is 190 Å². The summed E-state index contributed by atoms with van der Waals surface area (Å²) in [4.78, 5) is 14.5. The predicted octanol–water partition coefficient (Wildman–Crippen LogP) is 3.29. The van der Waals surface area contributed by atoms with Crippen molar-refractivity contribution in [3.63, 3.8) is 0 Å². The maximum Gasteiger partial charge on any atom is 0.241 e. The van der Waals surface area contributed by atoms with E-state index in [1.165, 1.54) is 0 Å². The van der Waals surface area contributed by atoms with Crippen molar-refractivity contribution in [3.05, 3.63) is 45.9 Å². The first-order valence-electron chi connectivity index (χ1n) is 10.2. The molecule has 0 radical (unpaired) electrons. The molecule has 1 aliphatic heterocycles. The molecule has 4 rings (SSSR count). The van der Waals surface area contributed by atoms with Crippen molar-refractivity contribution in [1.82, 2.24) is 4.72 Å². The zero-order valence-corrected chi connectivity index (χ0v) is 19.9. The van der Waals surface area contributed by atoms with Crippen LogP contribution in [-0.2, 0) is 27.7 Å². The van der Waals surface area contributed by atoms with Gasteiger partial charge in [0.25, 0.3) is 0 Å². The summed E-state index contributed by atoms with van der Waals surface area (Å²) in [6.45, 7) is 0.833. The molecule has 9 heteroatoms. The molecule has 0 saturated heterocycles. The Morgan fingerprint density at radius 2 is 1.90 bits per heavy atom.